The minimum Gasteiger partial charge on any atom is -0.709 e. The molecule has 0 bridgehead atoms. The van der Waals surface area contributed by atoms with Crippen LogP contribution < -0.4 is 59.1 Å². The topological polar surface area (TPSA) is 0 Å². The Hall–Kier alpha value is 3.75. The predicted octanol–water partition coefficient (Wildman–Crippen LogP) is -5.51. The van der Waals surface area contributed by atoms with Crippen LogP contribution in [-0.4, -0.2) is 0 Å². The third-order valence-electron chi connectivity index (χ3n) is 0.0278. The van der Waals surface area contributed by atoms with E-state index in [1.807, 2.05) is 0 Å². The molecule has 0 aliphatic carbocycles. The molecule has 0 amide bonds. The summed E-state index contributed by atoms with van der Waals surface area (Å²) in [4.78, 5) is 0. The summed E-state index contributed by atoms with van der Waals surface area (Å²) in [7, 11) is 2.34. The van der Waals surface area contributed by atoms with E-state index in [-0.39, 0.29) is 72.6 Å². The van der Waals surface area contributed by atoms with Gasteiger partial charge in [0.25, 0.3) is 0 Å². The van der Waals surface area contributed by atoms with Crippen molar-refractivity contribution in [3.8, 4) is 0 Å². The average Bonchev–Trinajstić information content (AvgIpc) is 1.37. The SMILES string of the molecule is [Na+].[Na+].[S-]SS[S-].[SH3+]. The summed E-state index contributed by atoms with van der Waals surface area (Å²) in [6, 6.07) is 0. The van der Waals surface area contributed by atoms with Gasteiger partial charge in [-0.1, -0.05) is 13.5 Å². The normalized spacial score (nSPS) is 4.29. The van der Waals surface area contributed by atoms with Crippen molar-refractivity contribution >= 4 is 56.5 Å². The maximum atomic E-state index is 4.33. The summed E-state index contributed by atoms with van der Waals surface area (Å²) in [5, 5.41) is 0. The molecule has 0 aromatic rings. The summed E-state index contributed by atoms with van der Waals surface area (Å²) < 4.78 is 0. The quantitative estimate of drug-likeness (QED) is 0.183. The molecular formula is H3Na2S5+. The van der Waals surface area contributed by atoms with Crippen LogP contribution in [0.2, 0.25) is 0 Å². The number of rotatable bonds is 1. The Labute approximate surface area is 113 Å². The Balaban J connectivity index is -0.0000000150. The van der Waals surface area contributed by atoms with Crippen molar-refractivity contribution in [1.29, 1.82) is 0 Å². The molecule has 0 atom stereocenters. The van der Waals surface area contributed by atoms with Crippen molar-refractivity contribution in [3.63, 3.8) is 0 Å². The summed E-state index contributed by atoms with van der Waals surface area (Å²) >= 11 is 8.66. The molecule has 0 aromatic heterocycles. The van der Waals surface area contributed by atoms with E-state index in [0.29, 0.717) is 0 Å². The molecule has 0 fully saturated rings. The molecule has 34 valence electrons. The molecule has 0 radical (unpaired) electrons. The van der Waals surface area contributed by atoms with Gasteiger partial charge in [0.05, 0.1) is 0 Å². The fourth-order valence-electron chi connectivity index (χ4n) is 0. The third-order valence-corrected chi connectivity index (χ3v) is 2.25. The molecule has 0 nitrogen and oxygen atoms in total. The second-order valence-electron chi connectivity index (χ2n) is 0.136. The molecule has 0 aliphatic rings. The van der Waals surface area contributed by atoms with Crippen molar-refractivity contribution in [2.75, 3.05) is 0 Å². The Morgan fingerprint density at radius 3 is 1.00 bits per heavy atom. The zero-order valence-corrected chi connectivity index (χ0v) is 12.6. The van der Waals surface area contributed by atoms with Crippen LogP contribution in [0.1, 0.15) is 0 Å². The smallest absolute Gasteiger partial charge is 0.709 e. The first-order valence-electron chi connectivity index (χ1n) is 0.500. The second-order valence-corrected chi connectivity index (χ2v) is 3.67. The van der Waals surface area contributed by atoms with Gasteiger partial charge in [-0.3, -0.25) is 19.7 Å². The van der Waals surface area contributed by atoms with Gasteiger partial charge < -0.3 is 23.3 Å². The van der Waals surface area contributed by atoms with E-state index in [4.69, 9.17) is 0 Å². The van der Waals surface area contributed by atoms with Crippen molar-refractivity contribution in [3.05, 3.63) is 0 Å². The van der Waals surface area contributed by atoms with Crippen molar-refractivity contribution in [2.45, 2.75) is 0 Å². The maximum Gasteiger partial charge on any atom is 1.00 e. The molecule has 0 rings (SSSR count). The van der Waals surface area contributed by atoms with Gasteiger partial charge in [0.1, 0.15) is 0 Å². The van der Waals surface area contributed by atoms with Gasteiger partial charge in [-0.05, 0) is 0 Å². The molecule has 0 aliphatic heterocycles. The van der Waals surface area contributed by atoms with Crippen LogP contribution in [0.4, 0.5) is 0 Å². The van der Waals surface area contributed by atoms with Gasteiger partial charge in [-0.15, -0.1) is 0 Å². The van der Waals surface area contributed by atoms with E-state index in [0.717, 1.165) is 0 Å². The zero-order chi connectivity index (χ0) is 3.41. The van der Waals surface area contributed by atoms with E-state index in [1.165, 1.54) is 19.7 Å². The van der Waals surface area contributed by atoms with Crippen LogP contribution in [0.3, 0.4) is 0 Å². The molecule has 0 spiro atoms. The summed E-state index contributed by atoms with van der Waals surface area (Å²) in [5.41, 5.74) is 0. The molecular weight excluding hydrogens is 206 g/mol. The van der Waals surface area contributed by atoms with Crippen molar-refractivity contribution in [2.24, 2.45) is 0 Å². The average molecular weight is 209 g/mol. The summed E-state index contributed by atoms with van der Waals surface area (Å²) in [6.45, 7) is 0. The first kappa shape index (κ1) is 22.4. The van der Waals surface area contributed by atoms with E-state index < -0.39 is 0 Å². The van der Waals surface area contributed by atoms with E-state index in [9.17, 15) is 0 Å². The van der Waals surface area contributed by atoms with Gasteiger partial charge in [-0.25, -0.2) is 0 Å². The Morgan fingerprint density at radius 1 is 0.857 bits per heavy atom. The standard InChI is InChI=1S/2Na.H2S4.H2S/c;;1-3-4-2;/h;;1-2H;1H2/q2*+1;;/p-1. The van der Waals surface area contributed by atoms with Crippen LogP contribution in [-0.2, 0) is 36.8 Å². The molecule has 0 N–H and O–H groups in total. The van der Waals surface area contributed by atoms with Crippen LogP contribution in [0.25, 0.3) is 0 Å². The molecule has 0 saturated carbocycles. The number of hydrogen-bond acceptors (Lipinski definition) is 4. The second kappa shape index (κ2) is 22.6. The molecule has 0 unspecified atom stereocenters. The van der Waals surface area contributed by atoms with Crippen molar-refractivity contribution < 1.29 is 59.1 Å². The number of hydrogen-bond donors (Lipinski definition) is 0. The van der Waals surface area contributed by atoms with Gasteiger partial charge in [0, 0.05) is 0 Å². The predicted molar refractivity (Wildman–Crippen MR) is 41.5 cm³/mol. The Morgan fingerprint density at radius 2 is 1.00 bits per heavy atom. The minimum absolute atomic E-state index is 0. The summed E-state index contributed by atoms with van der Waals surface area (Å²) in [6.07, 6.45) is 0. The summed E-state index contributed by atoms with van der Waals surface area (Å²) in [5.74, 6) is 0. The van der Waals surface area contributed by atoms with Crippen LogP contribution in [0, 0.1) is 0 Å². The molecule has 7 heavy (non-hydrogen) atoms. The molecule has 0 aromatic carbocycles. The van der Waals surface area contributed by atoms with E-state index >= 15 is 0 Å². The van der Waals surface area contributed by atoms with Gasteiger partial charge in [0.15, 0.2) is 0 Å². The van der Waals surface area contributed by atoms with Crippen LogP contribution in [0.5, 0.6) is 0 Å². The largest absolute Gasteiger partial charge is 1.00 e. The van der Waals surface area contributed by atoms with E-state index in [2.05, 4.69) is 23.3 Å². The van der Waals surface area contributed by atoms with Gasteiger partial charge in [0.2, 0.25) is 0 Å². The molecule has 0 saturated heterocycles. The fraction of sp³-hybridized carbons (Fsp3) is 0. The van der Waals surface area contributed by atoms with Crippen molar-refractivity contribution in [1.82, 2.24) is 0 Å². The van der Waals surface area contributed by atoms with Gasteiger partial charge in [-0.2, -0.15) is 0 Å². The van der Waals surface area contributed by atoms with Crippen LogP contribution in [0.15, 0.2) is 0 Å². The monoisotopic (exact) mass is 209 g/mol. The Kier molecular flexibility index (Phi) is 72.3. The van der Waals surface area contributed by atoms with Gasteiger partial charge >= 0.3 is 59.1 Å². The maximum absolute atomic E-state index is 4.33. The minimum atomic E-state index is 0. The molecule has 0 heterocycles. The van der Waals surface area contributed by atoms with Crippen LogP contribution >= 0.6 is 19.7 Å². The molecule has 7 heteroatoms. The Bertz CT molecular complexity index is 8.04. The third kappa shape index (κ3) is 26.0. The fourth-order valence-corrected chi connectivity index (χ4v) is 0. The zero-order valence-electron chi connectivity index (χ0n) is 4.21. The van der Waals surface area contributed by atoms with E-state index in [1.54, 1.807) is 0 Å². The first-order chi connectivity index (χ1) is 1.91. The first-order valence-corrected chi connectivity index (χ1v) is 4.50.